The standard InChI is InChI=1S/C16H12ClN5S/c17-13-6-2-1-4-11(13)9-19-15-21-22-10-14(20-16(22)23-15)12-5-3-7-18-8-12/h1-8,10H,9H2,(H,19,21). The number of nitrogens with one attached hydrogen (secondary N) is 1. The third kappa shape index (κ3) is 2.91. The zero-order valence-electron chi connectivity index (χ0n) is 12.0. The molecule has 5 nitrogen and oxygen atoms in total. The minimum absolute atomic E-state index is 0.631. The lowest BCUT2D eigenvalue weighted by molar-refractivity contribution is 0.962. The summed E-state index contributed by atoms with van der Waals surface area (Å²) < 4.78 is 1.78. The SMILES string of the molecule is Clc1ccccc1CNc1nn2cc(-c3cccnc3)nc2s1. The fourth-order valence-electron chi connectivity index (χ4n) is 2.24. The molecule has 1 aromatic carbocycles. The third-order valence-electron chi connectivity index (χ3n) is 3.39. The lowest BCUT2D eigenvalue weighted by Gasteiger charge is -2.04. The highest BCUT2D eigenvalue weighted by molar-refractivity contribution is 7.20. The molecular weight excluding hydrogens is 330 g/mol. The Hall–Kier alpha value is -2.44. The Morgan fingerprint density at radius 1 is 1.17 bits per heavy atom. The normalized spacial score (nSPS) is 11.0. The van der Waals surface area contributed by atoms with E-state index in [2.05, 4.69) is 20.4 Å². The minimum Gasteiger partial charge on any atom is -0.356 e. The second kappa shape index (κ2) is 5.98. The predicted molar refractivity (Wildman–Crippen MR) is 92.9 cm³/mol. The van der Waals surface area contributed by atoms with Crippen LogP contribution in [0, 0.1) is 0 Å². The molecule has 0 aliphatic heterocycles. The molecule has 0 saturated carbocycles. The van der Waals surface area contributed by atoms with Crippen molar-refractivity contribution < 1.29 is 0 Å². The van der Waals surface area contributed by atoms with Gasteiger partial charge in [-0.3, -0.25) is 4.98 Å². The monoisotopic (exact) mass is 341 g/mol. The Morgan fingerprint density at radius 2 is 2.09 bits per heavy atom. The summed E-state index contributed by atoms with van der Waals surface area (Å²) >= 11 is 7.66. The first-order valence-corrected chi connectivity index (χ1v) is 8.23. The van der Waals surface area contributed by atoms with E-state index in [0.29, 0.717) is 6.54 Å². The Bertz CT molecular complexity index is 916. The van der Waals surface area contributed by atoms with Gasteiger partial charge in [-0.05, 0) is 23.8 Å². The van der Waals surface area contributed by atoms with Crippen LogP contribution in [0.5, 0.6) is 0 Å². The molecule has 0 radical (unpaired) electrons. The summed E-state index contributed by atoms with van der Waals surface area (Å²) in [7, 11) is 0. The quantitative estimate of drug-likeness (QED) is 0.606. The van der Waals surface area contributed by atoms with E-state index in [1.807, 2.05) is 42.6 Å². The van der Waals surface area contributed by atoms with Crippen LogP contribution < -0.4 is 5.32 Å². The van der Waals surface area contributed by atoms with E-state index in [-0.39, 0.29) is 0 Å². The van der Waals surface area contributed by atoms with E-state index >= 15 is 0 Å². The Morgan fingerprint density at radius 3 is 2.87 bits per heavy atom. The Kier molecular flexibility index (Phi) is 3.69. The summed E-state index contributed by atoms with van der Waals surface area (Å²) in [4.78, 5) is 9.54. The molecule has 0 saturated heterocycles. The number of benzene rings is 1. The molecular formula is C16H12ClN5S. The van der Waals surface area contributed by atoms with Crippen molar-refractivity contribution in [2.75, 3.05) is 5.32 Å². The molecule has 0 fully saturated rings. The maximum absolute atomic E-state index is 6.16. The molecule has 23 heavy (non-hydrogen) atoms. The number of hydrogen-bond acceptors (Lipinski definition) is 5. The maximum Gasteiger partial charge on any atom is 0.214 e. The molecule has 3 aromatic heterocycles. The molecule has 7 heteroatoms. The highest BCUT2D eigenvalue weighted by atomic mass is 35.5. The van der Waals surface area contributed by atoms with Gasteiger partial charge in [0.15, 0.2) is 0 Å². The van der Waals surface area contributed by atoms with E-state index in [0.717, 1.165) is 31.9 Å². The second-order valence-electron chi connectivity index (χ2n) is 4.95. The summed E-state index contributed by atoms with van der Waals surface area (Å²) in [6.45, 7) is 0.631. The molecule has 4 aromatic rings. The first kappa shape index (κ1) is 14.2. The average molecular weight is 342 g/mol. The summed E-state index contributed by atoms with van der Waals surface area (Å²) in [5.74, 6) is 0. The molecule has 4 rings (SSSR count). The molecule has 0 aliphatic rings. The van der Waals surface area contributed by atoms with Gasteiger partial charge in [0.05, 0.1) is 11.9 Å². The highest BCUT2D eigenvalue weighted by Gasteiger charge is 2.10. The largest absolute Gasteiger partial charge is 0.356 e. The molecule has 0 unspecified atom stereocenters. The number of anilines is 1. The number of fused-ring (bicyclic) bond motifs is 1. The van der Waals surface area contributed by atoms with Crippen LogP contribution in [-0.4, -0.2) is 19.6 Å². The van der Waals surface area contributed by atoms with Crippen molar-refractivity contribution in [3.05, 3.63) is 65.6 Å². The van der Waals surface area contributed by atoms with E-state index in [4.69, 9.17) is 11.6 Å². The predicted octanol–water partition coefficient (Wildman–Crippen LogP) is 4.12. The number of halogens is 1. The summed E-state index contributed by atoms with van der Waals surface area (Å²) in [6, 6.07) is 11.6. The number of aromatic nitrogens is 4. The van der Waals surface area contributed by atoms with Crippen molar-refractivity contribution in [3.63, 3.8) is 0 Å². The first-order chi connectivity index (χ1) is 11.3. The molecule has 0 amide bonds. The van der Waals surface area contributed by atoms with Crippen molar-refractivity contribution >= 4 is 33.0 Å². The number of pyridine rings is 1. The van der Waals surface area contributed by atoms with Gasteiger partial charge in [0.1, 0.15) is 0 Å². The van der Waals surface area contributed by atoms with Crippen molar-refractivity contribution in [1.29, 1.82) is 0 Å². The minimum atomic E-state index is 0.631. The summed E-state index contributed by atoms with van der Waals surface area (Å²) in [5, 5.41) is 9.35. The fourth-order valence-corrected chi connectivity index (χ4v) is 3.22. The molecule has 0 atom stereocenters. The van der Waals surface area contributed by atoms with Gasteiger partial charge in [0, 0.05) is 29.5 Å². The topological polar surface area (TPSA) is 55.1 Å². The van der Waals surface area contributed by atoms with Crippen LogP contribution in [0.25, 0.3) is 16.2 Å². The van der Waals surface area contributed by atoms with E-state index in [9.17, 15) is 0 Å². The van der Waals surface area contributed by atoms with Crippen molar-refractivity contribution in [3.8, 4) is 11.3 Å². The van der Waals surface area contributed by atoms with Gasteiger partial charge in [-0.2, -0.15) is 0 Å². The number of nitrogens with zero attached hydrogens (tertiary/aromatic N) is 4. The maximum atomic E-state index is 6.16. The van der Waals surface area contributed by atoms with E-state index in [1.165, 1.54) is 11.3 Å². The Labute approximate surface area is 141 Å². The Balaban J connectivity index is 1.54. The van der Waals surface area contributed by atoms with Crippen molar-refractivity contribution in [2.45, 2.75) is 6.54 Å². The third-order valence-corrected chi connectivity index (χ3v) is 4.64. The van der Waals surface area contributed by atoms with E-state index in [1.54, 1.807) is 16.9 Å². The molecule has 3 heterocycles. The lowest BCUT2D eigenvalue weighted by Crippen LogP contribution is -2.00. The number of rotatable bonds is 4. The van der Waals surface area contributed by atoms with Gasteiger partial charge >= 0.3 is 0 Å². The van der Waals surface area contributed by atoms with Gasteiger partial charge in [-0.1, -0.05) is 41.1 Å². The molecule has 0 aliphatic carbocycles. The van der Waals surface area contributed by atoms with Gasteiger partial charge < -0.3 is 5.32 Å². The lowest BCUT2D eigenvalue weighted by atomic mass is 10.2. The molecule has 0 spiro atoms. The van der Waals surface area contributed by atoms with Crippen LogP contribution in [0.3, 0.4) is 0 Å². The zero-order chi connectivity index (χ0) is 15.6. The smallest absolute Gasteiger partial charge is 0.214 e. The van der Waals surface area contributed by atoms with Crippen LogP contribution in [0.15, 0.2) is 55.0 Å². The summed E-state index contributed by atoms with van der Waals surface area (Å²) in [6.07, 6.45) is 5.45. The number of hydrogen-bond donors (Lipinski definition) is 1. The van der Waals surface area contributed by atoms with Gasteiger partial charge in [-0.25, -0.2) is 9.50 Å². The van der Waals surface area contributed by atoms with Crippen LogP contribution in [0.2, 0.25) is 5.02 Å². The van der Waals surface area contributed by atoms with Gasteiger partial charge in [-0.15, -0.1) is 5.10 Å². The van der Waals surface area contributed by atoms with Gasteiger partial charge in [0.25, 0.3) is 0 Å². The van der Waals surface area contributed by atoms with E-state index < -0.39 is 0 Å². The zero-order valence-corrected chi connectivity index (χ0v) is 13.6. The van der Waals surface area contributed by atoms with Crippen molar-refractivity contribution in [1.82, 2.24) is 19.6 Å². The van der Waals surface area contributed by atoms with Crippen LogP contribution >= 0.6 is 22.9 Å². The average Bonchev–Trinajstić information content (AvgIpc) is 3.13. The first-order valence-electron chi connectivity index (χ1n) is 7.03. The molecule has 114 valence electrons. The highest BCUT2D eigenvalue weighted by Crippen LogP contribution is 2.25. The molecule has 0 bridgehead atoms. The van der Waals surface area contributed by atoms with Crippen LogP contribution in [-0.2, 0) is 6.54 Å². The summed E-state index contributed by atoms with van der Waals surface area (Å²) in [5.41, 5.74) is 2.89. The number of imidazole rings is 1. The van der Waals surface area contributed by atoms with Crippen molar-refractivity contribution in [2.24, 2.45) is 0 Å². The fraction of sp³-hybridized carbons (Fsp3) is 0.0625. The second-order valence-corrected chi connectivity index (χ2v) is 6.31. The van der Waals surface area contributed by atoms with Crippen LogP contribution in [0.4, 0.5) is 5.13 Å². The van der Waals surface area contributed by atoms with Crippen LogP contribution in [0.1, 0.15) is 5.56 Å². The van der Waals surface area contributed by atoms with Gasteiger partial charge in [0.2, 0.25) is 10.1 Å². The molecule has 1 N–H and O–H groups in total.